The summed E-state index contributed by atoms with van der Waals surface area (Å²) in [6.07, 6.45) is 0.129. The molecular formula is C36H41F3N2O11. The smallest absolute Gasteiger partial charge is 0.416 e. The van der Waals surface area contributed by atoms with Crippen LogP contribution in [-0.4, -0.2) is 98.9 Å². The molecule has 52 heavy (non-hydrogen) atoms. The van der Waals surface area contributed by atoms with Crippen molar-refractivity contribution in [1.29, 1.82) is 0 Å². The molecule has 0 radical (unpaired) electrons. The Kier molecular flexibility index (Phi) is 14.7. The Bertz CT molecular complexity index is 1650. The number of piperidine rings is 1. The Balaban J connectivity index is 0.000000486. The number of carbonyl (C=O) groups is 4. The predicted molar refractivity (Wildman–Crippen MR) is 179 cm³/mol. The van der Waals surface area contributed by atoms with Crippen molar-refractivity contribution >= 4 is 23.9 Å². The summed E-state index contributed by atoms with van der Waals surface area (Å²) < 4.78 is 53.4. The number of hydrogen-bond donors (Lipinski definition) is 4. The Morgan fingerprint density at radius 3 is 2.08 bits per heavy atom. The van der Waals surface area contributed by atoms with Gasteiger partial charge in [-0.2, -0.15) is 13.2 Å². The van der Waals surface area contributed by atoms with Crippen LogP contribution in [0.2, 0.25) is 0 Å². The molecule has 3 aromatic rings. The third kappa shape index (κ3) is 11.0. The summed E-state index contributed by atoms with van der Waals surface area (Å²) in [6, 6.07) is 21.9. The van der Waals surface area contributed by atoms with E-state index in [-0.39, 0.29) is 11.6 Å². The second kappa shape index (κ2) is 18.5. The number of halogens is 3. The maximum absolute atomic E-state index is 13.6. The molecule has 3 aromatic carbocycles. The first-order valence-corrected chi connectivity index (χ1v) is 16.2. The fourth-order valence-corrected chi connectivity index (χ4v) is 6.41. The lowest BCUT2D eigenvalue weighted by molar-refractivity contribution is -0.159. The van der Waals surface area contributed by atoms with Crippen LogP contribution in [-0.2, 0) is 42.2 Å². The Labute approximate surface area is 297 Å². The van der Waals surface area contributed by atoms with Crippen LogP contribution in [0.3, 0.4) is 0 Å². The number of alkyl halides is 3. The average molecular weight is 735 g/mol. The molecule has 2 atom stereocenters. The molecule has 0 aromatic heterocycles. The lowest BCUT2D eigenvalue weighted by Gasteiger charge is -2.41. The molecule has 6 N–H and O–H groups in total. The van der Waals surface area contributed by atoms with E-state index in [9.17, 15) is 13.2 Å². The first kappa shape index (κ1) is 41.4. The highest BCUT2D eigenvalue weighted by Crippen LogP contribution is 2.51. The van der Waals surface area contributed by atoms with Gasteiger partial charge in [0.25, 0.3) is 0 Å². The number of morpholine rings is 1. The van der Waals surface area contributed by atoms with Gasteiger partial charge in [-0.15, -0.1) is 0 Å². The summed E-state index contributed by atoms with van der Waals surface area (Å²) in [6.45, 7) is 5.87. The van der Waals surface area contributed by atoms with Gasteiger partial charge < -0.3 is 35.4 Å². The summed E-state index contributed by atoms with van der Waals surface area (Å²) >= 11 is 0. The van der Waals surface area contributed by atoms with E-state index in [0.29, 0.717) is 25.3 Å². The van der Waals surface area contributed by atoms with Crippen molar-refractivity contribution < 1.29 is 67.7 Å². The summed E-state index contributed by atoms with van der Waals surface area (Å²) in [5.41, 5.74) is 2.31. The molecule has 3 heterocycles. The molecule has 282 valence electrons. The number of fused-ring (bicyclic) bond motifs is 5. The number of benzene rings is 3. The topological polar surface area (TPSA) is 206 Å². The van der Waals surface area contributed by atoms with Crippen LogP contribution in [0.25, 0.3) is 0 Å². The van der Waals surface area contributed by atoms with Gasteiger partial charge in [-0.1, -0.05) is 55.0 Å². The molecule has 0 aliphatic carbocycles. The molecule has 2 fully saturated rings. The van der Waals surface area contributed by atoms with E-state index >= 15 is 0 Å². The zero-order valence-electron chi connectivity index (χ0n) is 28.1. The van der Waals surface area contributed by atoms with E-state index in [1.807, 2.05) is 30.3 Å². The maximum Gasteiger partial charge on any atom is 0.416 e. The monoisotopic (exact) mass is 734 g/mol. The average Bonchev–Trinajstić information content (AvgIpc) is 3.34. The molecule has 2 bridgehead atoms. The summed E-state index contributed by atoms with van der Waals surface area (Å²) in [4.78, 5) is 41.2. The summed E-state index contributed by atoms with van der Waals surface area (Å²) in [5.74, 6) is -6.41. The van der Waals surface area contributed by atoms with E-state index < -0.39 is 41.2 Å². The van der Waals surface area contributed by atoms with E-state index in [1.54, 1.807) is 6.07 Å². The van der Waals surface area contributed by atoms with E-state index in [4.69, 9.17) is 49.1 Å². The van der Waals surface area contributed by atoms with Crippen molar-refractivity contribution in [2.45, 2.75) is 50.1 Å². The second-order valence-electron chi connectivity index (χ2n) is 12.2. The highest BCUT2D eigenvalue weighted by molar-refractivity contribution is 6.27. The first-order valence-electron chi connectivity index (χ1n) is 16.2. The van der Waals surface area contributed by atoms with Gasteiger partial charge in [0, 0.05) is 26.2 Å². The summed E-state index contributed by atoms with van der Waals surface area (Å²) in [5, 5.41) is 29.6. The first-order chi connectivity index (χ1) is 24.2. The normalized spacial score (nSPS) is 19.3. The largest absolute Gasteiger partial charge is 0.494 e. The van der Waals surface area contributed by atoms with Crippen LogP contribution in [0, 0.1) is 0 Å². The van der Waals surface area contributed by atoms with E-state index in [0.717, 1.165) is 55.5 Å². The van der Waals surface area contributed by atoms with Crippen LogP contribution in [0.4, 0.5) is 13.2 Å². The minimum absolute atomic E-state index is 0. The quantitative estimate of drug-likeness (QED) is 0.189. The van der Waals surface area contributed by atoms with Gasteiger partial charge in [-0.3, -0.25) is 9.80 Å². The van der Waals surface area contributed by atoms with E-state index in [2.05, 4.69) is 28.0 Å². The number of nitrogens with zero attached hydrogens (tertiary/aromatic N) is 2. The van der Waals surface area contributed by atoms with Crippen LogP contribution in [0.15, 0.2) is 72.8 Å². The van der Waals surface area contributed by atoms with Crippen molar-refractivity contribution in [2.75, 3.05) is 39.3 Å². The van der Waals surface area contributed by atoms with Gasteiger partial charge in [0.2, 0.25) is 0 Å². The molecule has 16 heteroatoms. The zero-order valence-corrected chi connectivity index (χ0v) is 28.1. The molecule has 6 rings (SSSR count). The third-order valence-electron chi connectivity index (χ3n) is 8.62. The molecule has 13 nitrogen and oxygen atoms in total. The highest BCUT2D eigenvalue weighted by Gasteiger charge is 2.51. The van der Waals surface area contributed by atoms with Gasteiger partial charge in [0.1, 0.15) is 11.4 Å². The van der Waals surface area contributed by atoms with Gasteiger partial charge >= 0.3 is 30.1 Å². The maximum atomic E-state index is 13.6. The standard InChI is InChI=1S/C32H35F3N2O2.2C2H2O4.H2O/c33-32(34,35)26-11-7-10-25(20-26)31-23-37(22-30(39-31)28-13-2-3-14-29(28)31)17-8-18-38-27-12-6-9-24(19-27)21-36-15-4-1-5-16-36;2*3-1(4)2(5)6;/h2-3,6-7,9-14,19-20,30H,1,4-5,8,15-18,21-23H2;2*(H,3,4)(H,5,6);1H2. The number of aliphatic carboxylic acids is 4. The molecule has 2 saturated heterocycles. The molecule has 2 unspecified atom stereocenters. The fourth-order valence-electron chi connectivity index (χ4n) is 6.41. The second-order valence-corrected chi connectivity index (χ2v) is 12.2. The Morgan fingerprint density at radius 2 is 1.44 bits per heavy atom. The SMILES string of the molecule is FC(F)(F)c1cccc(C23CN(CCCOc4cccc(CN5CCCCC5)c4)CC(O2)c2ccccc23)c1.O.O=C(O)C(=O)O.O=C(O)C(=O)O. The number of likely N-dealkylation sites (tertiary alicyclic amines) is 1. The number of carboxylic acids is 4. The predicted octanol–water partition coefficient (Wildman–Crippen LogP) is 4.28. The van der Waals surface area contributed by atoms with Gasteiger partial charge in [0.05, 0.1) is 18.3 Å². The van der Waals surface area contributed by atoms with Crippen LogP contribution < -0.4 is 4.74 Å². The Hall–Kier alpha value is -5.03. The Morgan fingerprint density at radius 1 is 0.808 bits per heavy atom. The molecular weight excluding hydrogens is 693 g/mol. The van der Waals surface area contributed by atoms with Crippen LogP contribution in [0.5, 0.6) is 5.75 Å². The van der Waals surface area contributed by atoms with Gasteiger partial charge in [-0.05, 0) is 78.9 Å². The zero-order chi connectivity index (χ0) is 37.2. The van der Waals surface area contributed by atoms with Crippen molar-refractivity contribution in [3.05, 3.63) is 101 Å². The van der Waals surface area contributed by atoms with Crippen LogP contribution in [0.1, 0.15) is 59.6 Å². The molecule has 3 aliphatic heterocycles. The van der Waals surface area contributed by atoms with Crippen molar-refractivity contribution in [2.24, 2.45) is 0 Å². The minimum atomic E-state index is -4.40. The number of hydrogen-bond acceptors (Lipinski definition) is 8. The highest BCUT2D eigenvalue weighted by atomic mass is 19.4. The third-order valence-corrected chi connectivity index (χ3v) is 8.62. The van der Waals surface area contributed by atoms with E-state index in [1.165, 1.54) is 37.0 Å². The minimum Gasteiger partial charge on any atom is -0.494 e. The fraction of sp³-hybridized carbons (Fsp3) is 0.389. The van der Waals surface area contributed by atoms with Gasteiger partial charge in [0.15, 0.2) is 0 Å². The number of carboxylic acid groups (broad SMARTS) is 4. The number of ether oxygens (including phenoxy) is 2. The molecule has 0 saturated carbocycles. The van der Waals surface area contributed by atoms with Crippen LogP contribution >= 0.6 is 0 Å². The summed E-state index contributed by atoms with van der Waals surface area (Å²) in [7, 11) is 0. The van der Waals surface area contributed by atoms with Crippen molar-refractivity contribution in [3.63, 3.8) is 0 Å². The lowest BCUT2D eigenvalue weighted by Crippen LogP contribution is -2.48. The van der Waals surface area contributed by atoms with Crippen molar-refractivity contribution in [1.82, 2.24) is 9.80 Å². The molecule has 0 spiro atoms. The van der Waals surface area contributed by atoms with Crippen molar-refractivity contribution in [3.8, 4) is 5.75 Å². The molecule has 0 amide bonds. The lowest BCUT2D eigenvalue weighted by atomic mass is 9.84. The van der Waals surface area contributed by atoms with Gasteiger partial charge in [-0.25, -0.2) is 19.2 Å². The number of rotatable bonds is 8. The molecule has 3 aliphatic rings.